The van der Waals surface area contributed by atoms with Crippen LogP contribution in [-0.2, 0) is 4.79 Å². The predicted octanol–water partition coefficient (Wildman–Crippen LogP) is 3.06. The summed E-state index contributed by atoms with van der Waals surface area (Å²) in [5, 5.41) is 13.3. The largest absolute Gasteiger partial charge is 0.481 e. The molecule has 0 bridgehead atoms. The van der Waals surface area contributed by atoms with E-state index in [0.717, 1.165) is 16.9 Å². The van der Waals surface area contributed by atoms with E-state index in [0.29, 0.717) is 12.1 Å². The van der Waals surface area contributed by atoms with Gasteiger partial charge in [0.25, 0.3) is 5.91 Å². The summed E-state index contributed by atoms with van der Waals surface area (Å²) in [7, 11) is 0. The topological polar surface area (TPSA) is 75.4 Å². The Bertz CT molecular complexity index is 765. The molecule has 2 rings (SSSR count). The van der Waals surface area contributed by atoms with Crippen LogP contribution in [0.4, 0.5) is 0 Å². The Morgan fingerprint density at radius 3 is 2.52 bits per heavy atom. The van der Waals surface area contributed by atoms with E-state index in [4.69, 9.17) is 5.11 Å². The van der Waals surface area contributed by atoms with Crippen molar-refractivity contribution >= 4 is 11.9 Å². The number of hydrogen-bond acceptors (Lipinski definition) is 3. The van der Waals surface area contributed by atoms with Crippen molar-refractivity contribution in [1.82, 2.24) is 14.7 Å². The van der Waals surface area contributed by atoms with Gasteiger partial charge in [-0.2, -0.15) is 5.10 Å². The van der Waals surface area contributed by atoms with Gasteiger partial charge in [-0.15, -0.1) is 0 Å². The van der Waals surface area contributed by atoms with E-state index < -0.39 is 5.97 Å². The second kappa shape index (κ2) is 7.96. The molecule has 0 aliphatic carbocycles. The molecule has 1 heterocycles. The normalized spacial score (nSPS) is 10.9. The van der Waals surface area contributed by atoms with Crippen molar-refractivity contribution in [3.63, 3.8) is 0 Å². The van der Waals surface area contributed by atoms with Crippen LogP contribution in [-0.4, -0.2) is 44.8 Å². The van der Waals surface area contributed by atoms with E-state index in [-0.39, 0.29) is 24.8 Å². The maximum atomic E-state index is 12.9. The summed E-state index contributed by atoms with van der Waals surface area (Å²) in [6.07, 6.45) is 1.50. The summed E-state index contributed by atoms with van der Waals surface area (Å²) < 4.78 is 1.76. The molecule has 0 fully saturated rings. The Morgan fingerprint density at radius 2 is 1.92 bits per heavy atom. The lowest BCUT2D eigenvalue weighted by atomic mass is 10.1. The van der Waals surface area contributed by atoms with Crippen molar-refractivity contribution in [1.29, 1.82) is 0 Å². The molecule has 1 amide bonds. The zero-order valence-electron chi connectivity index (χ0n) is 15.2. The van der Waals surface area contributed by atoms with Gasteiger partial charge in [-0.25, -0.2) is 4.68 Å². The second-order valence-electron chi connectivity index (χ2n) is 6.63. The number of rotatable bonds is 7. The first kappa shape index (κ1) is 18.7. The highest BCUT2D eigenvalue weighted by Gasteiger charge is 2.22. The van der Waals surface area contributed by atoms with Crippen molar-refractivity contribution < 1.29 is 14.7 Å². The quantitative estimate of drug-likeness (QED) is 0.838. The molecule has 0 saturated heterocycles. The smallest absolute Gasteiger partial charge is 0.305 e. The molecule has 0 spiro atoms. The number of carboxylic acids is 1. The van der Waals surface area contributed by atoms with Gasteiger partial charge >= 0.3 is 5.97 Å². The van der Waals surface area contributed by atoms with Gasteiger partial charge in [0.2, 0.25) is 0 Å². The van der Waals surface area contributed by atoms with Crippen molar-refractivity contribution in [2.24, 2.45) is 5.92 Å². The number of aromatic nitrogens is 2. The summed E-state index contributed by atoms with van der Waals surface area (Å²) >= 11 is 0. The summed E-state index contributed by atoms with van der Waals surface area (Å²) in [5.41, 5.74) is 3.26. The number of carboxylic acid groups (broad SMARTS) is 1. The second-order valence-corrected chi connectivity index (χ2v) is 6.63. The maximum Gasteiger partial charge on any atom is 0.305 e. The number of benzene rings is 1. The Labute approximate surface area is 148 Å². The zero-order chi connectivity index (χ0) is 18.6. The molecule has 0 aliphatic rings. The number of carbonyl (C=O) groups is 2. The number of aliphatic carboxylic acids is 1. The average molecular weight is 343 g/mol. The lowest BCUT2D eigenvalue weighted by molar-refractivity contribution is -0.137. The number of hydrogen-bond donors (Lipinski definition) is 1. The zero-order valence-corrected chi connectivity index (χ0v) is 15.2. The minimum absolute atomic E-state index is 0.0660. The van der Waals surface area contributed by atoms with Gasteiger partial charge in [0.05, 0.1) is 29.6 Å². The van der Waals surface area contributed by atoms with E-state index in [1.807, 2.05) is 52.0 Å². The first-order valence-corrected chi connectivity index (χ1v) is 8.43. The van der Waals surface area contributed by atoms with Gasteiger partial charge in [0.1, 0.15) is 0 Å². The molecule has 25 heavy (non-hydrogen) atoms. The lowest BCUT2D eigenvalue weighted by Crippen LogP contribution is -2.36. The third kappa shape index (κ3) is 4.47. The van der Waals surface area contributed by atoms with Crippen LogP contribution in [0.5, 0.6) is 0 Å². The van der Waals surface area contributed by atoms with E-state index in [1.165, 1.54) is 0 Å². The van der Waals surface area contributed by atoms with Crippen LogP contribution in [0.2, 0.25) is 0 Å². The minimum atomic E-state index is -0.908. The minimum Gasteiger partial charge on any atom is -0.481 e. The summed E-state index contributed by atoms with van der Waals surface area (Å²) in [4.78, 5) is 25.4. The van der Waals surface area contributed by atoms with Crippen LogP contribution in [0.1, 0.15) is 41.9 Å². The van der Waals surface area contributed by atoms with E-state index in [2.05, 4.69) is 5.10 Å². The van der Waals surface area contributed by atoms with Gasteiger partial charge in [-0.3, -0.25) is 9.59 Å². The molecular formula is C19H25N3O3. The lowest BCUT2D eigenvalue weighted by Gasteiger charge is -2.24. The first-order valence-electron chi connectivity index (χ1n) is 8.43. The van der Waals surface area contributed by atoms with E-state index in [9.17, 15) is 9.59 Å². The monoisotopic (exact) mass is 343 g/mol. The fourth-order valence-corrected chi connectivity index (χ4v) is 2.78. The molecule has 0 atom stereocenters. The third-order valence-electron chi connectivity index (χ3n) is 4.05. The highest BCUT2D eigenvalue weighted by molar-refractivity contribution is 5.95. The van der Waals surface area contributed by atoms with Gasteiger partial charge in [0.15, 0.2) is 0 Å². The Morgan fingerprint density at radius 1 is 1.24 bits per heavy atom. The Hall–Kier alpha value is -2.63. The number of carbonyl (C=O) groups excluding carboxylic acids is 1. The van der Waals surface area contributed by atoms with Gasteiger partial charge < -0.3 is 10.0 Å². The van der Waals surface area contributed by atoms with Crippen LogP contribution < -0.4 is 0 Å². The van der Waals surface area contributed by atoms with Crippen molar-refractivity contribution in [3.05, 3.63) is 47.3 Å². The van der Waals surface area contributed by atoms with Gasteiger partial charge in [-0.05, 0) is 31.4 Å². The van der Waals surface area contributed by atoms with Crippen LogP contribution in [0.3, 0.4) is 0 Å². The molecule has 6 nitrogen and oxygen atoms in total. The van der Waals surface area contributed by atoms with Crippen LogP contribution in [0.25, 0.3) is 5.69 Å². The van der Waals surface area contributed by atoms with E-state index >= 15 is 0 Å². The number of aryl methyl sites for hydroxylation is 1. The predicted molar refractivity (Wildman–Crippen MR) is 96.0 cm³/mol. The summed E-state index contributed by atoms with van der Waals surface area (Å²) in [6, 6.07) is 7.85. The van der Waals surface area contributed by atoms with E-state index in [1.54, 1.807) is 15.8 Å². The molecule has 6 heteroatoms. The van der Waals surface area contributed by atoms with Crippen molar-refractivity contribution in [2.45, 2.75) is 34.1 Å². The number of amides is 1. The van der Waals surface area contributed by atoms with Crippen molar-refractivity contribution in [3.8, 4) is 5.69 Å². The number of nitrogens with zero attached hydrogens (tertiary/aromatic N) is 3. The summed E-state index contributed by atoms with van der Waals surface area (Å²) in [5.74, 6) is -0.828. The molecular weight excluding hydrogens is 318 g/mol. The van der Waals surface area contributed by atoms with Crippen molar-refractivity contribution in [2.75, 3.05) is 13.1 Å². The SMILES string of the molecule is Cc1ccccc1-n1ncc(C(=O)N(CCC(=O)O)CC(C)C)c1C. The molecule has 0 radical (unpaired) electrons. The Balaban J connectivity index is 2.31. The fraction of sp³-hybridized carbons (Fsp3) is 0.421. The van der Waals surface area contributed by atoms with Crippen LogP contribution in [0, 0.1) is 19.8 Å². The molecule has 1 aromatic heterocycles. The van der Waals surface area contributed by atoms with Gasteiger partial charge in [0, 0.05) is 13.1 Å². The number of para-hydroxylation sites is 1. The molecule has 2 aromatic rings. The highest BCUT2D eigenvalue weighted by atomic mass is 16.4. The first-order chi connectivity index (χ1) is 11.8. The molecule has 0 saturated carbocycles. The third-order valence-corrected chi connectivity index (χ3v) is 4.05. The fourth-order valence-electron chi connectivity index (χ4n) is 2.78. The molecule has 134 valence electrons. The Kier molecular flexibility index (Phi) is 5.96. The molecule has 0 aliphatic heterocycles. The van der Waals surface area contributed by atoms with Crippen LogP contribution in [0.15, 0.2) is 30.5 Å². The molecule has 1 aromatic carbocycles. The molecule has 0 unspecified atom stereocenters. The average Bonchev–Trinajstić information content (AvgIpc) is 2.92. The molecule has 1 N–H and O–H groups in total. The highest BCUT2D eigenvalue weighted by Crippen LogP contribution is 2.19. The summed E-state index contributed by atoms with van der Waals surface area (Å²) in [6.45, 7) is 8.57. The van der Waals surface area contributed by atoms with Crippen LogP contribution >= 0.6 is 0 Å². The standard InChI is InChI=1S/C19H25N3O3/c1-13(2)12-21(10-9-18(23)24)19(25)16-11-20-22(15(16)4)17-8-6-5-7-14(17)3/h5-8,11,13H,9-10,12H2,1-4H3,(H,23,24). The maximum absolute atomic E-state index is 12.9. The van der Waals surface area contributed by atoms with Gasteiger partial charge in [-0.1, -0.05) is 32.0 Å².